The van der Waals surface area contributed by atoms with Crippen LogP contribution in [0.1, 0.15) is 13.8 Å². The number of benzene rings is 2. The van der Waals surface area contributed by atoms with Crippen molar-refractivity contribution < 1.29 is 9.57 Å². The van der Waals surface area contributed by atoms with E-state index in [1.54, 1.807) is 5.17 Å². The van der Waals surface area contributed by atoms with E-state index in [4.69, 9.17) is 9.57 Å². The Balaban J connectivity index is 2.24. The molecule has 0 radical (unpaired) electrons. The van der Waals surface area contributed by atoms with Gasteiger partial charge in [-0.25, -0.2) is 0 Å². The molecule has 0 bridgehead atoms. The van der Waals surface area contributed by atoms with Gasteiger partial charge >= 0.3 is 0 Å². The van der Waals surface area contributed by atoms with Crippen molar-refractivity contribution in [2.75, 3.05) is 23.8 Å². The van der Waals surface area contributed by atoms with E-state index in [1.807, 2.05) is 68.4 Å². The first-order valence-corrected chi connectivity index (χ1v) is 6.81. The molecule has 4 nitrogen and oxygen atoms in total. The van der Waals surface area contributed by atoms with Crippen LogP contribution >= 0.6 is 0 Å². The molecule has 0 unspecified atom stereocenters. The molecular weight excluding hydrogens is 252 g/mol. The molecule has 2 rings (SSSR count). The van der Waals surface area contributed by atoms with Crippen molar-refractivity contribution >= 4 is 11.4 Å². The van der Waals surface area contributed by atoms with Gasteiger partial charge in [0.1, 0.15) is 11.4 Å². The highest BCUT2D eigenvalue weighted by molar-refractivity contribution is 5.60. The minimum absolute atomic E-state index is 0.556. The number of ether oxygens (including phenoxy) is 1. The van der Waals surface area contributed by atoms with Gasteiger partial charge in [0.2, 0.25) is 0 Å². The zero-order valence-corrected chi connectivity index (χ0v) is 11.9. The average molecular weight is 272 g/mol. The number of para-hydroxylation sites is 3. The summed E-state index contributed by atoms with van der Waals surface area (Å²) in [4.78, 5) is 5.66. The number of nitrogens with one attached hydrogen (secondary N) is 1. The maximum atomic E-state index is 5.66. The fraction of sp³-hybridized carbons (Fsp3) is 0.250. The second-order valence-electron chi connectivity index (χ2n) is 4.09. The van der Waals surface area contributed by atoms with E-state index in [0.717, 1.165) is 17.1 Å². The maximum absolute atomic E-state index is 5.66. The van der Waals surface area contributed by atoms with Gasteiger partial charge in [-0.2, -0.15) is 5.17 Å². The molecule has 1 N–H and O–H groups in total. The molecule has 0 saturated heterocycles. The molecule has 0 saturated carbocycles. The molecule has 20 heavy (non-hydrogen) atoms. The summed E-state index contributed by atoms with van der Waals surface area (Å²) in [5.41, 5.74) is 5.02. The van der Waals surface area contributed by atoms with E-state index in [0.29, 0.717) is 13.2 Å². The fourth-order valence-electron chi connectivity index (χ4n) is 1.82. The summed E-state index contributed by atoms with van der Waals surface area (Å²) in [5, 5.41) is 1.64. The summed E-state index contributed by atoms with van der Waals surface area (Å²) in [6.07, 6.45) is 0. The maximum Gasteiger partial charge on any atom is 0.147 e. The summed E-state index contributed by atoms with van der Waals surface area (Å²) in [6, 6.07) is 17.7. The molecule has 0 heterocycles. The first-order valence-electron chi connectivity index (χ1n) is 6.81. The van der Waals surface area contributed by atoms with Gasteiger partial charge in [0.05, 0.1) is 18.9 Å². The lowest BCUT2D eigenvalue weighted by Gasteiger charge is -2.26. The highest BCUT2D eigenvalue weighted by Gasteiger charge is 2.12. The zero-order valence-electron chi connectivity index (χ0n) is 11.9. The van der Waals surface area contributed by atoms with Crippen molar-refractivity contribution in [3.05, 3.63) is 54.6 Å². The number of hydrazine groups is 1. The highest BCUT2D eigenvalue weighted by Crippen LogP contribution is 2.28. The molecule has 106 valence electrons. The predicted molar refractivity (Wildman–Crippen MR) is 81.8 cm³/mol. The van der Waals surface area contributed by atoms with Gasteiger partial charge in [0.25, 0.3) is 0 Å². The zero-order chi connectivity index (χ0) is 14.2. The molecule has 0 amide bonds. The van der Waals surface area contributed by atoms with E-state index in [1.165, 1.54) is 0 Å². The molecule has 0 aromatic heterocycles. The Labute approximate surface area is 119 Å². The summed E-state index contributed by atoms with van der Waals surface area (Å²) >= 11 is 0. The molecule has 0 atom stereocenters. The summed E-state index contributed by atoms with van der Waals surface area (Å²) in [6.45, 7) is 5.08. The Hall–Kier alpha value is -2.20. The van der Waals surface area contributed by atoms with Crippen molar-refractivity contribution in [2.45, 2.75) is 13.8 Å². The van der Waals surface area contributed by atoms with Crippen molar-refractivity contribution in [1.29, 1.82) is 0 Å². The smallest absolute Gasteiger partial charge is 0.147 e. The minimum Gasteiger partial charge on any atom is -0.492 e. The van der Waals surface area contributed by atoms with E-state index in [-0.39, 0.29) is 0 Å². The van der Waals surface area contributed by atoms with Gasteiger partial charge in [-0.1, -0.05) is 30.3 Å². The Morgan fingerprint density at radius 1 is 0.900 bits per heavy atom. The number of hydrogen-bond acceptors (Lipinski definition) is 4. The molecule has 0 aliphatic carbocycles. The molecule has 2 aromatic rings. The van der Waals surface area contributed by atoms with Gasteiger partial charge < -0.3 is 4.74 Å². The van der Waals surface area contributed by atoms with Crippen LogP contribution in [0.25, 0.3) is 0 Å². The van der Waals surface area contributed by atoms with Crippen molar-refractivity contribution in [2.24, 2.45) is 0 Å². The second kappa shape index (κ2) is 7.40. The van der Waals surface area contributed by atoms with Crippen LogP contribution in [0.5, 0.6) is 5.75 Å². The average Bonchev–Trinajstić information content (AvgIpc) is 2.49. The first-order chi connectivity index (χ1) is 9.85. The minimum atomic E-state index is 0.556. The number of nitrogens with zero attached hydrogens (tertiary/aromatic N) is 1. The Bertz CT molecular complexity index is 517. The standard InChI is InChI=1S/C16H20N2O2/c1-3-19-16-13-9-8-12-15(16)18(20-4-2)17-14-10-6-5-7-11-14/h5-13,17H,3-4H2,1-2H3. The topological polar surface area (TPSA) is 33.7 Å². The van der Waals surface area contributed by atoms with Crippen LogP contribution in [0.3, 0.4) is 0 Å². The van der Waals surface area contributed by atoms with Crippen LogP contribution in [-0.2, 0) is 4.84 Å². The third kappa shape index (κ3) is 3.65. The number of anilines is 2. The van der Waals surface area contributed by atoms with Crippen LogP contribution in [0, 0.1) is 0 Å². The Morgan fingerprint density at radius 2 is 1.60 bits per heavy atom. The van der Waals surface area contributed by atoms with Gasteiger partial charge in [-0.3, -0.25) is 10.3 Å². The lowest BCUT2D eigenvalue weighted by Crippen LogP contribution is -2.30. The second-order valence-corrected chi connectivity index (χ2v) is 4.09. The van der Waals surface area contributed by atoms with Crippen molar-refractivity contribution in [3.63, 3.8) is 0 Å². The van der Waals surface area contributed by atoms with Crippen LogP contribution in [-0.4, -0.2) is 13.2 Å². The van der Waals surface area contributed by atoms with Crippen LogP contribution in [0.2, 0.25) is 0 Å². The largest absolute Gasteiger partial charge is 0.492 e. The van der Waals surface area contributed by atoms with Gasteiger partial charge in [0, 0.05) is 0 Å². The van der Waals surface area contributed by atoms with Crippen molar-refractivity contribution in [3.8, 4) is 5.75 Å². The molecular formula is C16H20N2O2. The highest BCUT2D eigenvalue weighted by atomic mass is 16.7. The molecule has 0 spiro atoms. The van der Waals surface area contributed by atoms with E-state index in [9.17, 15) is 0 Å². The van der Waals surface area contributed by atoms with Crippen LogP contribution < -0.4 is 15.3 Å². The summed E-state index contributed by atoms with van der Waals surface area (Å²) < 4.78 is 5.64. The fourth-order valence-corrected chi connectivity index (χ4v) is 1.82. The third-order valence-corrected chi connectivity index (χ3v) is 2.65. The molecule has 2 aromatic carbocycles. The summed E-state index contributed by atoms with van der Waals surface area (Å²) in [5.74, 6) is 0.784. The number of hydrogen-bond donors (Lipinski definition) is 1. The van der Waals surface area contributed by atoms with Crippen LogP contribution in [0.4, 0.5) is 11.4 Å². The van der Waals surface area contributed by atoms with E-state index >= 15 is 0 Å². The quantitative estimate of drug-likeness (QED) is 0.776. The predicted octanol–water partition coefficient (Wildman–Crippen LogP) is 3.87. The van der Waals surface area contributed by atoms with E-state index in [2.05, 4.69) is 5.43 Å². The Kier molecular flexibility index (Phi) is 5.26. The lowest BCUT2D eigenvalue weighted by molar-refractivity contribution is 0.132. The van der Waals surface area contributed by atoms with Gasteiger partial charge in [0.15, 0.2) is 0 Å². The number of rotatable bonds is 7. The van der Waals surface area contributed by atoms with Gasteiger partial charge in [-0.15, -0.1) is 0 Å². The van der Waals surface area contributed by atoms with Crippen LogP contribution in [0.15, 0.2) is 54.6 Å². The molecule has 0 aliphatic heterocycles. The molecule has 0 aliphatic rings. The SMILES string of the molecule is CCOc1ccccc1N(Nc1ccccc1)OCC. The molecule has 0 fully saturated rings. The monoisotopic (exact) mass is 272 g/mol. The third-order valence-electron chi connectivity index (χ3n) is 2.65. The molecule has 4 heteroatoms. The first kappa shape index (κ1) is 14.2. The Morgan fingerprint density at radius 3 is 2.30 bits per heavy atom. The normalized spacial score (nSPS) is 10.1. The summed E-state index contributed by atoms with van der Waals surface area (Å²) in [7, 11) is 0. The van der Waals surface area contributed by atoms with E-state index < -0.39 is 0 Å². The lowest BCUT2D eigenvalue weighted by atomic mass is 10.3. The van der Waals surface area contributed by atoms with Crippen molar-refractivity contribution in [1.82, 2.24) is 0 Å². The van der Waals surface area contributed by atoms with Gasteiger partial charge in [-0.05, 0) is 38.1 Å².